The molecule has 8 nitrogen and oxygen atoms in total. The van der Waals surface area contributed by atoms with Gasteiger partial charge in [0, 0.05) is 67.5 Å². The number of fused-ring (bicyclic) bond motifs is 3. The number of pyridine rings is 3. The van der Waals surface area contributed by atoms with E-state index in [1.807, 2.05) is 24.5 Å². The number of nitrogens with one attached hydrogen (secondary N) is 2. The molecular weight excluding hydrogens is 402 g/mol. The van der Waals surface area contributed by atoms with Gasteiger partial charge in [-0.1, -0.05) is 6.07 Å². The zero-order valence-electron chi connectivity index (χ0n) is 17.5. The van der Waals surface area contributed by atoms with Gasteiger partial charge in [0.2, 0.25) is 0 Å². The molecule has 158 valence electrons. The lowest BCUT2D eigenvalue weighted by molar-refractivity contribution is 0.0831. The maximum absolute atomic E-state index is 12.2. The van der Waals surface area contributed by atoms with Crippen molar-refractivity contribution < 1.29 is 0 Å². The first-order chi connectivity index (χ1) is 15.6. The van der Waals surface area contributed by atoms with Crippen LogP contribution in [0.15, 0.2) is 59.9 Å². The van der Waals surface area contributed by atoms with Crippen molar-refractivity contribution in [3.05, 3.63) is 76.7 Å². The van der Waals surface area contributed by atoms with Gasteiger partial charge in [-0.05, 0) is 30.2 Å². The Morgan fingerprint density at radius 3 is 2.75 bits per heavy atom. The summed E-state index contributed by atoms with van der Waals surface area (Å²) in [5, 5.41) is 21.1. The lowest BCUT2D eigenvalue weighted by atomic mass is 9.75. The Hall–Kier alpha value is -3.80. The van der Waals surface area contributed by atoms with Gasteiger partial charge in [0.25, 0.3) is 5.56 Å². The van der Waals surface area contributed by atoms with E-state index in [1.165, 1.54) is 4.57 Å². The van der Waals surface area contributed by atoms with Crippen molar-refractivity contribution in [3.8, 4) is 28.3 Å². The number of nitriles is 1. The van der Waals surface area contributed by atoms with Gasteiger partial charge in [0.05, 0.1) is 28.5 Å². The van der Waals surface area contributed by atoms with E-state index in [1.54, 1.807) is 30.0 Å². The van der Waals surface area contributed by atoms with E-state index < -0.39 is 0 Å². The minimum absolute atomic E-state index is 0.0833. The SMILES string of the molecule is Cn1ccc(-c2cc(-c3ccc(C45CNCC(C4)N5)nc3)c3c(C#N)cnn3c2)cc1=O. The average Bonchev–Trinajstić information content (AvgIpc) is 3.23. The summed E-state index contributed by atoms with van der Waals surface area (Å²) < 4.78 is 3.24. The van der Waals surface area contributed by atoms with Crippen LogP contribution in [0.25, 0.3) is 27.8 Å². The molecule has 0 saturated carbocycles. The molecule has 7 rings (SSSR count). The summed E-state index contributed by atoms with van der Waals surface area (Å²) in [5.74, 6) is 0. The Bertz CT molecular complexity index is 1450. The molecule has 3 fully saturated rings. The topological polar surface area (TPSA) is 100 Å². The molecule has 0 spiro atoms. The van der Waals surface area contributed by atoms with Crippen molar-refractivity contribution in [2.45, 2.75) is 18.0 Å². The maximum Gasteiger partial charge on any atom is 0.250 e. The standard InChI is InChI=1S/C24H21N7O/c1-30-5-4-15(7-22(30)32)17-6-20(23-18(9-25)11-28-31(23)13-17)16-2-3-21(27-10-16)24-8-19(29-24)12-26-14-24/h2-7,10-11,13,19,26,29H,8,12,14H2,1H3. The minimum atomic E-state index is -0.0862. The molecule has 3 saturated heterocycles. The molecule has 2 N–H and O–H groups in total. The molecule has 8 heteroatoms. The van der Waals surface area contributed by atoms with Crippen LogP contribution in [0.3, 0.4) is 0 Å². The van der Waals surface area contributed by atoms with Crippen LogP contribution in [-0.4, -0.2) is 38.3 Å². The first-order valence-corrected chi connectivity index (χ1v) is 10.6. The fourth-order valence-electron chi connectivity index (χ4n) is 4.91. The van der Waals surface area contributed by atoms with Gasteiger partial charge in [-0.25, -0.2) is 4.52 Å². The fraction of sp³-hybridized carbons (Fsp3) is 0.250. The van der Waals surface area contributed by atoms with E-state index in [0.717, 1.165) is 53.0 Å². The number of hydrogen-bond acceptors (Lipinski definition) is 6. The Balaban J connectivity index is 1.48. The quantitative estimate of drug-likeness (QED) is 0.521. The normalized spacial score (nSPS) is 21.8. The van der Waals surface area contributed by atoms with Crippen LogP contribution in [0.2, 0.25) is 0 Å². The summed E-state index contributed by atoms with van der Waals surface area (Å²) in [6, 6.07) is 12.4. The maximum atomic E-state index is 12.2. The van der Waals surface area contributed by atoms with Gasteiger partial charge in [-0.3, -0.25) is 9.78 Å². The predicted octanol–water partition coefficient (Wildman–Crippen LogP) is 1.79. The molecule has 0 radical (unpaired) electrons. The number of nitrogens with zero attached hydrogens (tertiary/aromatic N) is 5. The molecule has 0 aromatic carbocycles. The van der Waals surface area contributed by atoms with Crippen LogP contribution >= 0.6 is 0 Å². The second-order valence-corrected chi connectivity index (χ2v) is 8.66. The number of rotatable bonds is 3. The molecule has 0 amide bonds. The van der Waals surface area contributed by atoms with E-state index in [-0.39, 0.29) is 11.1 Å². The van der Waals surface area contributed by atoms with E-state index in [9.17, 15) is 10.1 Å². The summed E-state index contributed by atoms with van der Waals surface area (Å²) in [5.41, 5.74) is 5.49. The molecule has 2 bridgehead atoms. The monoisotopic (exact) mass is 423 g/mol. The van der Waals surface area contributed by atoms with E-state index in [2.05, 4.69) is 33.9 Å². The molecule has 4 aromatic heterocycles. The second-order valence-electron chi connectivity index (χ2n) is 8.66. The number of aromatic nitrogens is 4. The second kappa shape index (κ2) is 6.85. The lowest BCUT2D eigenvalue weighted by Gasteiger charge is -2.53. The van der Waals surface area contributed by atoms with Crippen molar-refractivity contribution in [1.29, 1.82) is 5.26 Å². The highest BCUT2D eigenvalue weighted by molar-refractivity contribution is 5.87. The third-order valence-electron chi connectivity index (χ3n) is 6.63. The van der Waals surface area contributed by atoms with Crippen LogP contribution in [0.1, 0.15) is 17.7 Å². The molecular formula is C24H21N7O. The Kier molecular flexibility index (Phi) is 4.05. The van der Waals surface area contributed by atoms with Crippen molar-refractivity contribution in [1.82, 2.24) is 29.8 Å². The van der Waals surface area contributed by atoms with Gasteiger partial charge in [0.1, 0.15) is 6.07 Å². The Labute approximate surface area is 184 Å². The van der Waals surface area contributed by atoms with E-state index in [0.29, 0.717) is 11.6 Å². The minimum Gasteiger partial charge on any atom is -0.319 e. The lowest BCUT2D eigenvalue weighted by Crippen LogP contribution is -2.72. The summed E-state index contributed by atoms with van der Waals surface area (Å²) in [6.07, 6.45) is 8.13. The molecule has 32 heavy (non-hydrogen) atoms. The van der Waals surface area contributed by atoms with Crippen LogP contribution in [0.5, 0.6) is 0 Å². The molecule has 7 heterocycles. The Morgan fingerprint density at radius 1 is 1.19 bits per heavy atom. The molecule has 0 aliphatic carbocycles. The summed E-state index contributed by atoms with van der Waals surface area (Å²) in [7, 11) is 1.72. The van der Waals surface area contributed by atoms with Crippen LogP contribution in [0, 0.1) is 11.3 Å². The molecule has 3 aliphatic heterocycles. The van der Waals surface area contributed by atoms with Crippen molar-refractivity contribution in [2.75, 3.05) is 13.1 Å². The van der Waals surface area contributed by atoms with Gasteiger partial charge in [-0.2, -0.15) is 10.4 Å². The number of piperidine rings is 1. The average molecular weight is 423 g/mol. The van der Waals surface area contributed by atoms with Gasteiger partial charge in [-0.15, -0.1) is 0 Å². The summed E-state index contributed by atoms with van der Waals surface area (Å²) >= 11 is 0. The van der Waals surface area contributed by atoms with Crippen molar-refractivity contribution in [3.63, 3.8) is 0 Å². The van der Waals surface area contributed by atoms with Gasteiger partial charge >= 0.3 is 0 Å². The van der Waals surface area contributed by atoms with Crippen LogP contribution in [0.4, 0.5) is 0 Å². The van der Waals surface area contributed by atoms with Crippen molar-refractivity contribution in [2.24, 2.45) is 7.05 Å². The molecule has 4 aromatic rings. The smallest absolute Gasteiger partial charge is 0.250 e. The van der Waals surface area contributed by atoms with E-state index in [4.69, 9.17) is 4.98 Å². The molecule has 2 unspecified atom stereocenters. The number of aryl methyl sites for hydroxylation is 1. The third-order valence-corrected chi connectivity index (χ3v) is 6.63. The summed E-state index contributed by atoms with van der Waals surface area (Å²) in [6.45, 7) is 1.88. The largest absolute Gasteiger partial charge is 0.319 e. The van der Waals surface area contributed by atoms with E-state index >= 15 is 0 Å². The van der Waals surface area contributed by atoms with Gasteiger partial charge < -0.3 is 15.2 Å². The van der Waals surface area contributed by atoms with Crippen LogP contribution in [-0.2, 0) is 12.6 Å². The highest BCUT2D eigenvalue weighted by Gasteiger charge is 2.48. The zero-order valence-corrected chi connectivity index (χ0v) is 17.5. The fourth-order valence-corrected chi connectivity index (χ4v) is 4.91. The molecule has 3 aliphatic rings. The first kappa shape index (κ1) is 18.9. The summed E-state index contributed by atoms with van der Waals surface area (Å²) in [4.78, 5) is 17.0. The van der Waals surface area contributed by atoms with Gasteiger partial charge in [0.15, 0.2) is 0 Å². The van der Waals surface area contributed by atoms with Crippen molar-refractivity contribution >= 4 is 5.52 Å². The van der Waals surface area contributed by atoms with Crippen LogP contribution < -0.4 is 16.2 Å². The Morgan fingerprint density at radius 2 is 2.06 bits per heavy atom. The predicted molar refractivity (Wildman–Crippen MR) is 120 cm³/mol. The molecule has 2 atom stereocenters. The zero-order chi connectivity index (χ0) is 21.9. The number of hydrogen-bond donors (Lipinski definition) is 2. The highest BCUT2D eigenvalue weighted by atomic mass is 16.1. The first-order valence-electron chi connectivity index (χ1n) is 10.6. The third kappa shape index (κ3) is 2.79. The highest BCUT2D eigenvalue weighted by Crippen LogP contribution is 2.37. The number of piperazine rings is 1.